The van der Waals surface area contributed by atoms with Crippen molar-refractivity contribution in [3.63, 3.8) is 0 Å². The van der Waals surface area contributed by atoms with Crippen LogP contribution in [0.15, 0.2) is 18.2 Å². The third-order valence-electron chi connectivity index (χ3n) is 3.48. The highest BCUT2D eigenvalue weighted by molar-refractivity contribution is 7.16. The van der Waals surface area contributed by atoms with Gasteiger partial charge in [-0.05, 0) is 32.4 Å². The van der Waals surface area contributed by atoms with Crippen LogP contribution in [0.2, 0.25) is 0 Å². The first-order valence-electron chi connectivity index (χ1n) is 7.09. The van der Waals surface area contributed by atoms with Gasteiger partial charge in [-0.15, -0.1) is 0 Å². The van der Waals surface area contributed by atoms with E-state index in [0.717, 1.165) is 27.6 Å². The molecule has 0 saturated heterocycles. The van der Waals surface area contributed by atoms with Gasteiger partial charge in [-0.1, -0.05) is 29.0 Å². The van der Waals surface area contributed by atoms with Crippen molar-refractivity contribution in [3.05, 3.63) is 45.7 Å². The van der Waals surface area contributed by atoms with Gasteiger partial charge in [0.1, 0.15) is 16.5 Å². The van der Waals surface area contributed by atoms with E-state index in [1.807, 2.05) is 26.0 Å². The quantitative estimate of drug-likeness (QED) is 0.679. The summed E-state index contributed by atoms with van der Waals surface area (Å²) in [5, 5.41) is 5.35. The van der Waals surface area contributed by atoms with Crippen molar-refractivity contribution in [2.75, 3.05) is 6.61 Å². The lowest BCUT2D eigenvalue weighted by molar-refractivity contribution is 0.111. The number of ether oxygens (including phenoxy) is 1. The summed E-state index contributed by atoms with van der Waals surface area (Å²) in [6, 6.07) is 6.14. The highest BCUT2D eigenvalue weighted by atomic mass is 32.1. The molecule has 22 heavy (non-hydrogen) atoms. The zero-order valence-corrected chi connectivity index (χ0v) is 13.6. The third kappa shape index (κ3) is 2.74. The van der Waals surface area contributed by atoms with Crippen molar-refractivity contribution in [2.45, 2.75) is 27.2 Å². The van der Waals surface area contributed by atoms with E-state index in [1.165, 1.54) is 16.9 Å². The number of rotatable bonds is 5. The second-order valence-electron chi connectivity index (χ2n) is 5.26. The van der Waals surface area contributed by atoms with E-state index in [4.69, 9.17) is 4.74 Å². The Morgan fingerprint density at radius 3 is 2.86 bits per heavy atom. The summed E-state index contributed by atoms with van der Waals surface area (Å²) < 4.78 is 7.43. The number of hydrogen-bond donors (Lipinski definition) is 0. The summed E-state index contributed by atoms with van der Waals surface area (Å²) >= 11 is 1.49. The van der Waals surface area contributed by atoms with Crippen molar-refractivity contribution in [1.29, 1.82) is 0 Å². The van der Waals surface area contributed by atoms with E-state index >= 15 is 0 Å². The molecule has 0 fully saturated rings. The SMILES string of the molecule is Cc1ccc(OCCc2nn3c(C=O)c(C)nc3s2)c(C)c1. The van der Waals surface area contributed by atoms with Gasteiger partial charge in [-0.2, -0.15) is 9.61 Å². The summed E-state index contributed by atoms with van der Waals surface area (Å²) in [7, 11) is 0. The molecule has 3 rings (SSSR count). The Labute approximate surface area is 132 Å². The van der Waals surface area contributed by atoms with Gasteiger partial charge in [0.25, 0.3) is 0 Å². The summed E-state index contributed by atoms with van der Waals surface area (Å²) in [5.74, 6) is 0.899. The molecule has 0 N–H and O–H groups in total. The molecule has 0 amide bonds. The largest absolute Gasteiger partial charge is 0.493 e. The van der Waals surface area contributed by atoms with Gasteiger partial charge in [0.2, 0.25) is 4.96 Å². The van der Waals surface area contributed by atoms with E-state index in [-0.39, 0.29) is 0 Å². The van der Waals surface area contributed by atoms with Gasteiger partial charge in [0.15, 0.2) is 6.29 Å². The normalized spacial score (nSPS) is 11.0. The standard InChI is InChI=1S/C16H17N3O2S/c1-10-4-5-14(11(2)8-10)21-7-6-15-18-19-13(9-20)12(3)17-16(19)22-15/h4-5,8-9H,6-7H2,1-3H3. The van der Waals surface area contributed by atoms with Crippen LogP contribution in [-0.4, -0.2) is 27.5 Å². The molecule has 0 atom stereocenters. The average molecular weight is 315 g/mol. The Morgan fingerprint density at radius 2 is 2.14 bits per heavy atom. The lowest BCUT2D eigenvalue weighted by Crippen LogP contribution is -2.03. The van der Waals surface area contributed by atoms with Crippen LogP contribution in [0, 0.1) is 20.8 Å². The van der Waals surface area contributed by atoms with Crippen molar-refractivity contribution in [3.8, 4) is 5.75 Å². The highest BCUT2D eigenvalue weighted by Crippen LogP contribution is 2.21. The lowest BCUT2D eigenvalue weighted by Gasteiger charge is -2.08. The van der Waals surface area contributed by atoms with Crippen LogP contribution in [0.25, 0.3) is 4.96 Å². The fraction of sp³-hybridized carbons (Fsp3) is 0.312. The number of carbonyl (C=O) groups excluding carboxylic acids is 1. The minimum absolute atomic E-state index is 0.521. The fourth-order valence-corrected chi connectivity index (χ4v) is 3.28. The van der Waals surface area contributed by atoms with Gasteiger partial charge in [-0.3, -0.25) is 4.79 Å². The first kappa shape index (κ1) is 14.7. The minimum Gasteiger partial charge on any atom is -0.493 e. The molecule has 0 radical (unpaired) electrons. The Hall–Kier alpha value is -2.21. The number of aryl methyl sites for hydroxylation is 3. The molecule has 0 aliphatic heterocycles. The van der Waals surface area contributed by atoms with E-state index in [2.05, 4.69) is 23.1 Å². The average Bonchev–Trinajstić information content (AvgIpc) is 2.97. The van der Waals surface area contributed by atoms with Crippen LogP contribution in [-0.2, 0) is 6.42 Å². The Kier molecular flexibility index (Phi) is 3.94. The molecule has 2 aromatic heterocycles. The second kappa shape index (κ2) is 5.88. The van der Waals surface area contributed by atoms with Crippen LogP contribution >= 0.6 is 11.3 Å². The number of imidazole rings is 1. The van der Waals surface area contributed by atoms with Crippen LogP contribution in [0.3, 0.4) is 0 Å². The Morgan fingerprint density at radius 1 is 1.32 bits per heavy atom. The summed E-state index contributed by atoms with van der Waals surface area (Å²) in [5.41, 5.74) is 3.59. The summed E-state index contributed by atoms with van der Waals surface area (Å²) in [4.78, 5) is 16.1. The number of carbonyl (C=O) groups is 1. The molecular weight excluding hydrogens is 298 g/mol. The number of benzene rings is 1. The van der Waals surface area contributed by atoms with E-state index < -0.39 is 0 Å². The summed E-state index contributed by atoms with van der Waals surface area (Å²) in [6.45, 7) is 6.47. The highest BCUT2D eigenvalue weighted by Gasteiger charge is 2.13. The second-order valence-corrected chi connectivity index (χ2v) is 6.30. The molecule has 3 aromatic rings. The summed E-state index contributed by atoms with van der Waals surface area (Å²) in [6.07, 6.45) is 1.49. The van der Waals surface area contributed by atoms with E-state index in [0.29, 0.717) is 24.4 Å². The number of hydrogen-bond acceptors (Lipinski definition) is 5. The van der Waals surface area contributed by atoms with Gasteiger partial charge < -0.3 is 4.74 Å². The maximum Gasteiger partial charge on any atom is 0.213 e. The van der Waals surface area contributed by atoms with Gasteiger partial charge in [0, 0.05) is 6.42 Å². The number of aromatic nitrogens is 3. The van der Waals surface area contributed by atoms with Crippen molar-refractivity contribution >= 4 is 22.6 Å². The number of nitrogens with zero attached hydrogens (tertiary/aromatic N) is 3. The van der Waals surface area contributed by atoms with Crippen molar-refractivity contribution in [2.24, 2.45) is 0 Å². The minimum atomic E-state index is 0.521. The number of fused-ring (bicyclic) bond motifs is 1. The molecule has 2 heterocycles. The molecule has 0 spiro atoms. The number of aldehydes is 1. The molecule has 0 unspecified atom stereocenters. The van der Waals surface area contributed by atoms with Crippen LogP contribution in [0.5, 0.6) is 5.75 Å². The smallest absolute Gasteiger partial charge is 0.213 e. The topological polar surface area (TPSA) is 56.5 Å². The van der Waals surface area contributed by atoms with Gasteiger partial charge >= 0.3 is 0 Å². The Balaban J connectivity index is 1.69. The predicted octanol–water partition coefficient (Wildman–Crippen LogP) is 3.15. The van der Waals surface area contributed by atoms with Crippen molar-refractivity contribution < 1.29 is 9.53 Å². The first-order valence-corrected chi connectivity index (χ1v) is 7.90. The molecule has 5 nitrogen and oxygen atoms in total. The molecule has 0 aliphatic rings. The fourth-order valence-electron chi connectivity index (χ4n) is 2.35. The molecule has 1 aromatic carbocycles. The third-order valence-corrected chi connectivity index (χ3v) is 4.45. The first-order chi connectivity index (χ1) is 10.6. The van der Waals surface area contributed by atoms with Crippen molar-refractivity contribution in [1.82, 2.24) is 14.6 Å². The molecular formula is C16H17N3O2S. The maximum atomic E-state index is 11.1. The molecule has 6 heteroatoms. The molecule has 0 aliphatic carbocycles. The van der Waals surface area contributed by atoms with Gasteiger partial charge in [-0.25, -0.2) is 4.98 Å². The predicted molar refractivity (Wildman–Crippen MR) is 86.1 cm³/mol. The zero-order valence-electron chi connectivity index (χ0n) is 12.8. The molecule has 0 saturated carbocycles. The maximum absolute atomic E-state index is 11.1. The van der Waals surface area contributed by atoms with E-state index in [9.17, 15) is 4.79 Å². The van der Waals surface area contributed by atoms with Crippen LogP contribution < -0.4 is 4.74 Å². The van der Waals surface area contributed by atoms with Crippen LogP contribution in [0.4, 0.5) is 0 Å². The van der Waals surface area contributed by atoms with Gasteiger partial charge in [0.05, 0.1) is 12.3 Å². The van der Waals surface area contributed by atoms with Crippen LogP contribution in [0.1, 0.15) is 32.3 Å². The van der Waals surface area contributed by atoms with E-state index in [1.54, 1.807) is 4.52 Å². The molecule has 0 bridgehead atoms. The monoisotopic (exact) mass is 315 g/mol. The zero-order chi connectivity index (χ0) is 15.7. The molecule has 114 valence electrons. The lowest BCUT2D eigenvalue weighted by atomic mass is 10.1. The Bertz CT molecular complexity index is 835.